The van der Waals surface area contributed by atoms with Gasteiger partial charge in [0.1, 0.15) is 6.04 Å². The molecule has 2 aliphatic rings. The van der Waals surface area contributed by atoms with Crippen LogP contribution in [-0.2, 0) is 14.8 Å². The summed E-state index contributed by atoms with van der Waals surface area (Å²) < 4.78 is 27.3. The van der Waals surface area contributed by atoms with E-state index in [0.717, 1.165) is 43.6 Å². The number of carbonyl (C=O) groups is 1. The van der Waals surface area contributed by atoms with E-state index in [1.54, 1.807) is 24.3 Å². The van der Waals surface area contributed by atoms with E-state index in [0.29, 0.717) is 13.0 Å². The number of benzene rings is 1. The first-order valence-corrected chi connectivity index (χ1v) is 10.7. The van der Waals surface area contributed by atoms with Crippen LogP contribution in [0.1, 0.15) is 51.0 Å². The number of nitrogens with one attached hydrogen (secondary N) is 1. The highest BCUT2D eigenvalue weighted by Crippen LogP contribution is 2.28. The summed E-state index contributed by atoms with van der Waals surface area (Å²) in [7, 11) is -3.63. The van der Waals surface area contributed by atoms with Crippen LogP contribution in [-0.4, -0.2) is 37.3 Å². The molecule has 1 atom stereocenters. The van der Waals surface area contributed by atoms with Crippen molar-refractivity contribution in [3.63, 3.8) is 0 Å². The number of amides is 1. The molecular formula is C19H28N2O3S. The van der Waals surface area contributed by atoms with Gasteiger partial charge in [-0.15, -0.1) is 0 Å². The van der Waals surface area contributed by atoms with Crippen molar-refractivity contribution in [1.29, 1.82) is 0 Å². The van der Waals surface area contributed by atoms with Crippen LogP contribution in [0.5, 0.6) is 0 Å². The lowest BCUT2D eigenvalue weighted by Gasteiger charge is -2.30. The molecule has 25 heavy (non-hydrogen) atoms. The minimum Gasteiger partial charge on any atom is -0.352 e. The van der Waals surface area contributed by atoms with Crippen molar-refractivity contribution in [2.24, 2.45) is 5.92 Å². The SMILES string of the molecule is Cc1ccc(S(=O)(=O)N2CCC[C@@H]2C(=O)NC2CCC(C)CC2)cc1. The molecule has 1 aromatic carbocycles. The maximum Gasteiger partial charge on any atom is 0.243 e. The largest absolute Gasteiger partial charge is 0.352 e. The highest BCUT2D eigenvalue weighted by molar-refractivity contribution is 7.89. The van der Waals surface area contributed by atoms with Gasteiger partial charge in [-0.3, -0.25) is 4.79 Å². The van der Waals surface area contributed by atoms with Gasteiger partial charge in [0.05, 0.1) is 4.90 Å². The molecule has 1 heterocycles. The summed E-state index contributed by atoms with van der Waals surface area (Å²) in [5, 5.41) is 3.10. The van der Waals surface area contributed by atoms with Crippen molar-refractivity contribution in [2.75, 3.05) is 6.54 Å². The number of aryl methyl sites for hydroxylation is 1. The van der Waals surface area contributed by atoms with Crippen molar-refractivity contribution in [1.82, 2.24) is 9.62 Å². The van der Waals surface area contributed by atoms with Crippen molar-refractivity contribution < 1.29 is 13.2 Å². The molecule has 1 saturated carbocycles. The van der Waals surface area contributed by atoms with Gasteiger partial charge in [-0.1, -0.05) is 24.6 Å². The standard InChI is InChI=1S/C19H28N2O3S/c1-14-5-9-16(10-6-14)20-19(22)18-4-3-13-21(18)25(23,24)17-11-7-15(2)8-12-17/h7-8,11-12,14,16,18H,3-6,9-10,13H2,1-2H3,(H,20,22)/t14?,16?,18-/m1/s1. The third kappa shape index (κ3) is 4.06. The molecule has 0 unspecified atom stereocenters. The Kier molecular flexibility index (Phi) is 5.49. The van der Waals surface area contributed by atoms with Crippen LogP contribution < -0.4 is 5.32 Å². The number of nitrogens with zero attached hydrogens (tertiary/aromatic N) is 1. The fraction of sp³-hybridized carbons (Fsp3) is 0.632. The Morgan fingerprint density at radius 2 is 1.72 bits per heavy atom. The van der Waals surface area contributed by atoms with Gasteiger partial charge < -0.3 is 5.32 Å². The lowest BCUT2D eigenvalue weighted by molar-refractivity contribution is -0.125. The maximum atomic E-state index is 12.9. The summed E-state index contributed by atoms with van der Waals surface area (Å²) in [5.74, 6) is 0.589. The monoisotopic (exact) mass is 364 g/mol. The fourth-order valence-electron chi connectivity index (χ4n) is 3.84. The van der Waals surface area contributed by atoms with Gasteiger partial charge in [-0.2, -0.15) is 4.31 Å². The number of carbonyl (C=O) groups excluding carboxylic acids is 1. The summed E-state index contributed by atoms with van der Waals surface area (Å²) >= 11 is 0. The smallest absolute Gasteiger partial charge is 0.243 e. The minimum absolute atomic E-state index is 0.132. The molecule has 1 aromatic rings. The second-order valence-electron chi connectivity index (χ2n) is 7.55. The Bertz CT molecular complexity index is 707. The average molecular weight is 365 g/mol. The number of hydrogen-bond donors (Lipinski definition) is 1. The van der Waals surface area contributed by atoms with Gasteiger partial charge >= 0.3 is 0 Å². The molecule has 0 bridgehead atoms. The van der Waals surface area contributed by atoms with Crippen LogP contribution in [0.15, 0.2) is 29.2 Å². The highest BCUT2D eigenvalue weighted by atomic mass is 32.2. The molecule has 2 fully saturated rings. The summed E-state index contributed by atoms with van der Waals surface area (Å²) in [6.07, 6.45) is 5.56. The van der Waals surface area contributed by atoms with Gasteiger partial charge in [-0.05, 0) is 63.5 Å². The van der Waals surface area contributed by atoms with Crippen LogP contribution in [0.3, 0.4) is 0 Å². The van der Waals surface area contributed by atoms with Crippen molar-refractivity contribution in [2.45, 2.75) is 69.4 Å². The van der Waals surface area contributed by atoms with Gasteiger partial charge in [0.15, 0.2) is 0 Å². The first-order valence-electron chi connectivity index (χ1n) is 9.27. The van der Waals surface area contributed by atoms with Gasteiger partial charge in [0.25, 0.3) is 0 Å². The number of sulfonamides is 1. The average Bonchev–Trinajstić information content (AvgIpc) is 3.08. The topological polar surface area (TPSA) is 66.5 Å². The Labute approximate surface area is 150 Å². The van der Waals surface area contributed by atoms with Crippen molar-refractivity contribution in [3.05, 3.63) is 29.8 Å². The molecule has 0 aromatic heterocycles. The minimum atomic E-state index is -3.63. The molecular weight excluding hydrogens is 336 g/mol. The lowest BCUT2D eigenvalue weighted by atomic mass is 9.87. The third-order valence-electron chi connectivity index (χ3n) is 5.50. The zero-order valence-corrected chi connectivity index (χ0v) is 15.9. The molecule has 6 heteroatoms. The zero-order chi connectivity index (χ0) is 18.0. The molecule has 1 aliphatic heterocycles. The molecule has 1 aliphatic carbocycles. The summed E-state index contributed by atoms with van der Waals surface area (Å²) in [6.45, 7) is 4.58. The summed E-state index contributed by atoms with van der Waals surface area (Å²) in [4.78, 5) is 13.0. The highest BCUT2D eigenvalue weighted by Gasteiger charge is 2.40. The van der Waals surface area contributed by atoms with Crippen LogP contribution in [0, 0.1) is 12.8 Å². The second-order valence-corrected chi connectivity index (χ2v) is 9.44. The predicted octanol–water partition coefficient (Wildman–Crippen LogP) is 2.84. The van der Waals surface area contributed by atoms with E-state index in [-0.39, 0.29) is 16.8 Å². The second kappa shape index (κ2) is 7.46. The van der Waals surface area contributed by atoms with Gasteiger partial charge in [0.2, 0.25) is 15.9 Å². The molecule has 1 amide bonds. The first kappa shape index (κ1) is 18.4. The quantitative estimate of drug-likeness (QED) is 0.893. The normalized spacial score (nSPS) is 28.0. The predicted molar refractivity (Wildman–Crippen MR) is 97.7 cm³/mol. The Hall–Kier alpha value is -1.40. The van der Waals surface area contributed by atoms with E-state index in [1.165, 1.54) is 4.31 Å². The molecule has 1 saturated heterocycles. The van der Waals surface area contributed by atoms with E-state index in [4.69, 9.17) is 0 Å². The first-order chi connectivity index (χ1) is 11.9. The van der Waals surface area contributed by atoms with Crippen LogP contribution >= 0.6 is 0 Å². The summed E-state index contributed by atoms with van der Waals surface area (Å²) in [5.41, 5.74) is 1.01. The molecule has 0 radical (unpaired) electrons. The zero-order valence-electron chi connectivity index (χ0n) is 15.1. The molecule has 3 rings (SSSR count). The molecule has 1 N–H and O–H groups in total. The number of rotatable bonds is 4. The van der Waals surface area contributed by atoms with Crippen LogP contribution in [0.25, 0.3) is 0 Å². The molecule has 138 valence electrons. The van der Waals surface area contributed by atoms with Crippen LogP contribution in [0.4, 0.5) is 0 Å². The Balaban J connectivity index is 1.71. The molecule has 5 nitrogen and oxygen atoms in total. The molecule has 0 spiro atoms. The van der Waals surface area contributed by atoms with Crippen molar-refractivity contribution >= 4 is 15.9 Å². The van der Waals surface area contributed by atoms with Crippen LogP contribution in [0.2, 0.25) is 0 Å². The maximum absolute atomic E-state index is 12.9. The third-order valence-corrected chi connectivity index (χ3v) is 7.42. The number of hydrogen-bond acceptors (Lipinski definition) is 3. The van der Waals surface area contributed by atoms with E-state index in [2.05, 4.69) is 12.2 Å². The van der Waals surface area contributed by atoms with Gasteiger partial charge in [-0.25, -0.2) is 8.42 Å². The summed E-state index contributed by atoms with van der Waals surface area (Å²) in [6, 6.07) is 6.45. The lowest BCUT2D eigenvalue weighted by Crippen LogP contribution is -2.49. The Morgan fingerprint density at radius 1 is 1.08 bits per heavy atom. The van der Waals surface area contributed by atoms with E-state index >= 15 is 0 Å². The van der Waals surface area contributed by atoms with Crippen molar-refractivity contribution in [3.8, 4) is 0 Å². The van der Waals surface area contributed by atoms with E-state index in [9.17, 15) is 13.2 Å². The van der Waals surface area contributed by atoms with Gasteiger partial charge in [0, 0.05) is 12.6 Å². The Morgan fingerprint density at radius 3 is 2.36 bits per heavy atom. The fourth-order valence-corrected chi connectivity index (χ4v) is 5.49. The van der Waals surface area contributed by atoms with E-state index in [1.807, 2.05) is 6.92 Å². The van der Waals surface area contributed by atoms with E-state index < -0.39 is 16.1 Å².